The van der Waals surface area contributed by atoms with E-state index in [2.05, 4.69) is 20.8 Å². The quantitative estimate of drug-likeness (QED) is 0.629. The molecule has 2 saturated carbocycles. The molecule has 0 unspecified atom stereocenters. The molecule has 3 atom stereocenters. The molecule has 2 aliphatic carbocycles. The van der Waals surface area contributed by atoms with E-state index >= 15 is 0 Å². The maximum Gasteiger partial charge on any atom is 0.0601 e. The van der Waals surface area contributed by atoms with Crippen molar-refractivity contribution in [2.45, 2.75) is 53.1 Å². The Morgan fingerprint density at radius 1 is 1.29 bits per heavy atom. The van der Waals surface area contributed by atoms with Crippen LogP contribution in [0, 0.1) is 16.7 Å². The van der Waals surface area contributed by atoms with E-state index in [1.807, 2.05) is 0 Å². The summed E-state index contributed by atoms with van der Waals surface area (Å²) >= 11 is 0. The van der Waals surface area contributed by atoms with Gasteiger partial charge >= 0.3 is 0 Å². The zero-order valence-electron chi connectivity index (χ0n) is 9.88. The van der Waals surface area contributed by atoms with Gasteiger partial charge in [0.25, 0.3) is 0 Å². The number of aliphatic hydroxyl groups is 2. The molecule has 2 N–H and O–H groups in total. The minimum Gasteiger partial charge on any atom is -0.397 e. The van der Waals surface area contributed by atoms with Crippen LogP contribution >= 0.6 is 0 Å². The summed E-state index contributed by atoms with van der Waals surface area (Å²) in [6.45, 7) is 8.83. The second kappa shape index (κ2) is 3.82. The Labute approximate surface area is 87.3 Å². The van der Waals surface area contributed by atoms with Crippen LogP contribution in [0.25, 0.3) is 0 Å². The Hall–Kier alpha value is -0.0800. The van der Waals surface area contributed by atoms with E-state index in [4.69, 9.17) is 5.11 Å². The van der Waals surface area contributed by atoms with Gasteiger partial charge in [-0.05, 0) is 42.9 Å². The highest BCUT2D eigenvalue weighted by Crippen LogP contribution is 2.65. The Morgan fingerprint density at radius 3 is 1.93 bits per heavy atom. The molecule has 0 spiro atoms. The fraction of sp³-hybridized carbons (Fsp3) is 1.00. The van der Waals surface area contributed by atoms with Gasteiger partial charge in [-0.25, -0.2) is 0 Å². The fourth-order valence-corrected chi connectivity index (χ4v) is 3.16. The zero-order chi connectivity index (χ0) is 11.0. The fourth-order valence-electron chi connectivity index (χ4n) is 3.16. The van der Waals surface area contributed by atoms with Gasteiger partial charge < -0.3 is 10.2 Å². The molecule has 2 fully saturated rings. The predicted octanol–water partition coefficient (Wildman–Crippen LogP) is 2.19. The topological polar surface area (TPSA) is 40.5 Å². The summed E-state index contributed by atoms with van der Waals surface area (Å²) in [5.41, 5.74) is 0.601. The standard InChI is InChI=1S/C10H18O.C2H6O/c1-9(2)7-4-5-10(9,3)8(11)6-7;1-2-3/h7-8,11H,4-6H2,1-3H3;3H,2H2,1H3/t7-,8-,10+;/m1./s1. The van der Waals surface area contributed by atoms with E-state index in [1.165, 1.54) is 12.8 Å². The third-order valence-electron chi connectivity index (χ3n) is 4.75. The van der Waals surface area contributed by atoms with Crippen molar-refractivity contribution in [2.75, 3.05) is 6.61 Å². The van der Waals surface area contributed by atoms with Gasteiger partial charge in [-0.1, -0.05) is 20.8 Å². The molecular formula is C12H24O2. The zero-order valence-corrected chi connectivity index (χ0v) is 9.88. The van der Waals surface area contributed by atoms with Crippen LogP contribution in [0.15, 0.2) is 0 Å². The summed E-state index contributed by atoms with van der Waals surface area (Å²) in [5.74, 6) is 0.780. The van der Waals surface area contributed by atoms with Gasteiger partial charge in [0.05, 0.1) is 6.10 Å². The Morgan fingerprint density at radius 2 is 1.79 bits per heavy atom. The first kappa shape index (κ1) is 12.0. The molecule has 2 aliphatic rings. The average molecular weight is 200 g/mol. The molecule has 14 heavy (non-hydrogen) atoms. The summed E-state index contributed by atoms with van der Waals surface area (Å²) in [5, 5.41) is 17.4. The molecule has 0 aromatic rings. The second-order valence-electron chi connectivity index (χ2n) is 5.44. The summed E-state index contributed by atoms with van der Waals surface area (Å²) in [6, 6.07) is 0. The third-order valence-corrected chi connectivity index (χ3v) is 4.75. The van der Waals surface area contributed by atoms with Crippen LogP contribution in [0.3, 0.4) is 0 Å². The lowest BCUT2D eigenvalue weighted by molar-refractivity contribution is 0.0126. The summed E-state index contributed by atoms with van der Waals surface area (Å²) in [4.78, 5) is 0. The van der Waals surface area contributed by atoms with Crippen molar-refractivity contribution in [1.29, 1.82) is 0 Å². The normalized spacial score (nSPS) is 43.3. The van der Waals surface area contributed by atoms with Gasteiger partial charge in [0.2, 0.25) is 0 Å². The van der Waals surface area contributed by atoms with Gasteiger partial charge in [-0.3, -0.25) is 0 Å². The molecule has 0 aromatic carbocycles. The van der Waals surface area contributed by atoms with Crippen LogP contribution in [0.5, 0.6) is 0 Å². The predicted molar refractivity (Wildman–Crippen MR) is 58.0 cm³/mol. The van der Waals surface area contributed by atoms with E-state index in [-0.39, 0.29) is 18.1 Å². The molecule has 84 valence electrons. The third kappa shape index (κ3) is 1.49. The molecular weight excluding hydrogens is 176 g/mol. The maximum atomic E-state index is 9.81. The van der Waals surface area contributed by atoms with Crippen molar-refractivity contribution in [1.82, 2.24) is 0 Å². The molecule has 2 nitrogen and oxygen atoms in total. The molecule has 0 aliphatic heterocycles. The molecule has 0 saturated heterocycles. The second-order valence-corrected chi connectivity index (χ2v) is 5.44. The highest BCUT2D eigenvalue weighted by atomic mass is 16.3. The monoisotopic (exact) mass is 200 g/mol. The van der Waals surface area contributed by atoms with E-state index < -0.39 is 0 Å². The highest BCUT2D eigenvalue weighted by molar-refractivity contribution is 5.10. The average Bonchev–Trinajstić information content (AvgIpc) is 2.38. The number of hydrogen-bond acceptors (Lipinski definition) is 2. The van der Waals surface area contributed by atoms with E-state index in [0.29, 0.717) is 5.41 Å². The largest absolute Gasteiger partial charge is 0.397 e. The number of hydrogen-bond donors (Lipinski definition) is 2. The van der Waals surface area contributed by atoms with Crippen LogP contribution < -0.4 is 0 Å². The first-order valence-corrected chi connectivity index (χ1v) is 5.69. The van der Waals surface area contributed by atoms with Crippen molar-refractivity contribution < 1.29 is 10.2 Å². The molecule has 2 rings (SSSR count). The van der Waals surface area contributed by atoms with Gasteiger partial charge in [-0.15, -0.1) is 0 Å². The maximum absolute atomic E-state index is 9.81. The lowest BCUT2D eigenvalue weighted by Gasteiger charge is -2.36. The highest BCUT2D eigenvalue weighted by Gasteiger charge is 2.60. The van der Waals surface area contributed by atoms with Crippen LogP contribution in [-0.2, 0) is 0 Å². The van der Waals surface area contributed by atoms with Crippen molar-refractivity contribution in [3.05, 3.63) is 0 Å². The lowest BCUT2D eigenvalue weighted by atomic mass is 9.70. The number of fused-ring (bicyclic) bond motifs is 2. The van der Waals surface area contributed by atoms with Crippen LogP contribution in [0.2, 0.25) is 0 Å². The SMILES string of the molecule is CC1(C)[C@@H]2CC[C@@]1(C)[C@H](O)C2.CCO. The summed E-state index contributed by atoms with van der Waals surface area (Å²) in [6.07, 6.45) is 3.58. The van der Waals surface area contributed by atoms with Gasteiger partial charge in [0.15, 0.2) is 0 Å². The van der Waals surface area contributed by atoms with Crippen molar-refractivity contribution in [2.24, 2.45) is 16.7 Å². The van der Waals surface area contributed by atoms with Crippen molar-refractivity contribution in [3.8, 4) is 0 Å². The number of aliphatic hydroxyl groups excluding tert-OH is 2. The van der Waals surface area contributed by atoms with Crippen molar-refractivity contribution in [3.63, 3.8) is 0 Å². The van der Waals surface area contributed by atoms with Crippen LogP contribution in [0.1, 0.15) is 47.0 Å². The Kier molecular flexibility index (Phi) is 3.27. The lowest BCUT2D eigenvalue weighted by Crippen LogP contribution is -2.35. The van der Waals surface area contributed by atoms with Gasteiger partial charge in [0, 0.05) is 6.61 Å². The first-order chi connectivity index (χ1) is 6.40. The first-order valence-electron chi connectivity index (χ1n) is 5.69. The Bertz CT molecular complexity index is 200. The molecule has 0 amide bonds. The van der Waals surface area contributed by atoms with Crippen LogP contribution in [0.4, 0.5) is 0 Å². The minimum absolute atomic E-state index is 0.0313. The summed E-state index contributed by atoms with van der Waals surface area (Å²) in [7, 11) is 0. The molecule has 2 bridgehead atoms. The Balaban J connectivity index is 0.000000293. The smallest absolute Gasteiger partial charge is 0.0601 e. The minimum atomic E-state index is -0.0313. The van der Waals surface area contributed by atoms with Crippen LogP contribution in [-0.4, -0.2) is 22.9 Å². The van der Waals surface area contributed by atoms with E-state index in [9.17, 15) is 5.11 Å². The molecule has 0 radical (unpaired) electrons. The molecule has 0 aromatic heterocycles. The molecule has 0 heterocycles. The van der Waals surface area contributed by atoms with E-state index in [0.717, 1.165) is 12.3 Å². The number of rotatable bonds is 0. The van der Waals surface area contributed by atoms with E-state index in [1.54, 1.807) is 6.92 Å². The molecule has 2 heteroatoms. The van der Waals surface area contributed by atoms with Crippen molar-refractivity contribution >= 4 is 0 Å². The van der Waals surface area contributed by atoms with Gasteiger partial charge in [-0.2, -0.15) is 0 Å². The summed E-state index contributed by atoms with van der Waals surface area (Å²) < 4.78 is 0. The van der Waals surface area contributed by atoms with Gasteiger partial charge in [0.1, 0.15) is 0 Å².